The molecule has 1 heterocycles. The van der Waals surface area contributed by atoms with Crippen LogP contribution in [-0.4, -0.2) is 17.2 Å². The van der Waals surface area contributed by atoms with Crippen molar-refractivity contribution in [1.29, 1.82) is 0 Å². The second kappa shape index (κ2) is 5.35. The van der Waals surface area contributed by atoms with Crippen molar-refractivity contribution in [3.63, 3.8) is 0 Å². The molecule has 0 fully saturated rings. The van der Waals surface area contributed by atoms with Gasteiger partial charge in [-0.15, -0.1) is 0 Å². The van der Waals surface area contributed by atoms with Crippen LogP contribution in [0.15, 0.2) is 23.1 Å². The van der Waals surface area contributed by atoms with Crippen LogP contribution in [-0.2, 0) is 12.7 Å². The maximum atomic E-state index is 12.4. The summed E-state index contributed by atoms with van der Waals surface area (Å²) in [7, 11) is 0. The van der Waals surface area contributed by atoms with Gasteiger partial charge >= 0.3 is 6.18 Å². The Labute approximate surface area is 97.3 Å². The largest absolute Gasteiger partial charge is 0.417 e. The third-order valence-electron chi connectivity index (χ3n) is 2.22. The highest BCUT2D eigenvalue weighted by atomic mass is 19.4. The third-order valence-corrected chi connectivity index (χ3v) is 2.22. The number of alkyl halides is 3. The Morgan fingerprint density at radius 2 is 2.00 bits per heavy atom. The second-order valence-corrected chi connectivity index (χ2v) is 4.06. The first-order chi connectivity index (χ1) is 7.80. The van der Waals surface area contributed by atoms with Gasteiger partial charge < -0.3 is 9.88 Å². The standard InChI is InChI=1S/C11H15F3N2O/c1-8(2)15-5-6-16-7-9(11(12,13)14)3-4-10(16)17/h3-4,7-8,15H,5-6H2,1-2H3. The molecule has 1 aromatic rings. The summed E-state index contributed by atoms with van der Waals surface area (Å²) < 4.78 is 38.3. The lowest BCUT2D eigenvalue weighted by Gasteiger charge is -2.12. The van der Waals surface area contributed by atoms with Gasteiger partial charge in [-0.25, -0.2) is 0 Å². The van der Waals surface area contributed by atoms with E-state index in [1.54, 1.807) is 0 Å². The zero-order valence-corrected chi connectivity index (χ0v) is 9.71. The van der Waals surface area contributed by atoms with Crippen molar-refractivity contribution in [3.8, 4) is 0 Å². The number of nitrogens with zero attached hydrogens (tertiary/aromatic N) is 1. The maximum Gasteiger partial charge on any atom is 0.417 e. The van der Waals surface area contributed by atoms with Gasteiger partial charge in [-0.3, -0.25) is 4.79 Å². The second-order valence-electron chi connectivity index (χ2n) is 4.06. The number of rotatable bonds is 4. The van der Waals surface area contributed by atoms with E-state index in [1.807, 2.05) is 13.8 Å². The summed E-state index contributed by atoms with van der Waals surface area (Å²) >= 11 is 0. The topological polar surface area (TPSA) is 34.0 Å². The van der Waals surface area contributed by atoms with Crippen LogP contribution in [0, 0.1) is 0 Å². The molecule has 1 N–H and O–H groups in total. The molecule has 0 radical (unpaired) electrons. The Hall–Kier alpha value is -1.30. The van der Waals surface area contributed by atoms with Crippen molar-refractivity contribution in [2.24, 2.45) is 0 Å². The quantitative estimate of drug-likeness (QED) is 0.882. The van der Waals surface area contributed by atoms with Crippen molar-refractivity contribution < 1.29 is 13.2 Å². The molecule has 0 atom stereocenters. The molecule has 96 valence electrons. The first-order valence-electron chi connectivity index (χ1n) is 5.32. The average Bonchev–Trinajstić information content (AvgIpc) is 2.18. The molecule has 0 saturated carbocycles. The van der Waals surface area contributed by atoms with Gasteiger partial charge in [-0.05, 0) is 6.07 Å². The summed E-state index contributed by atoms with van der Waals surface area (Å²) in [5.74, 6) is 0. The average molecular weight is 248 g/mol. The Balaban J connectivity index is 2.81. The summed E-state index contributed by atoms with van der Waals surface area (Å²) in [6.07, 6.45) is -3.56. The summed E-state index contributed by atoms with van der Waals surface area (Å²) in [5, 5.41) is 3.04. The molecule has 0 bridgehead atoms. The summed E-state index contributed by atoms with van der Waals surface area (Å²) in [4.78, 5) is 11.3. The highest BCUT2D eigenvalue weighted by molar-refractivity contribution is 5.13. The van der Waals surface area contributed by atoms with E-state index in [0.29, 0.717) is 6.54 Å². The lowest BCUT2D eigenvalue weighted by atomic mass is 10.3. The van der Waals surface area contributed by atoms with E-state index in [-0.39, 0.29) is 12.6 Å². The van der Waals surface area contributed by atoms with Crippen molar-refractivity contribution in [2.45, 2.75) is 32.6 Å². The fourth-order valence-corrected chi connectivity index (χ4v) is 1.35. The lowest BCUT2D eigenvalue weighted by Crippen LogP contribution is -2.30. The molecule has 0 spiro atoms. The summed E-state index contributed by atoms with van der Waals surface area (Å²) in [6, 6.07) is 1.98. The van der Waals surface area contributed by atoms with Crippen LogP contribution in [0.1, 0.15) is 19.4 Å². The highest BCUT2D eigenvalue weighted by Crippen LogP contribution is 2.27. The molecule has 0 aliphatic heterocycles. The summed E-state index contributed by atoms with van der Waals surface area (Å²) in [6.45, 7) is 4.53. The Morgan fingerprint density at radius 3 is 2.53 bits per heavy atom. The van der Waals surface area contributed by atoms with E-state index >= 15 is 0 Å². The molecule has 0 aliphatic carbocycles. The van der Waals surface area contributed by atoms with Crippen LogP contribution in [0.3, 0.4) is 0 Å². The Morgan fingerprint density at radius 1 is 1.35 bits per heavy atom. The predicted octanol–water partition coefficient (Wildman–Crippen LogP) is 1.87. The fraction of sp³-hybridized carbons (Fsp3) is 0.545. The summed E-state index contributed by atoms with van der Waals surface area (Å²) in [5.41, 5.74) is -1.23. The zero-order chi connectivity index (χ0) is 13.1. The van der Waals surface area contributed by atoms with Gasteiger partial charge in [0.1, 0.15) is 0 Å². The zero-order valence-electron chi connectivity index (χ0n) is 9.71. The number of hydrogen-bond donors (Lipinski definition) is 1. The normalized spacial score (nSPS) is 12.1. The number of halogens is 3. The van der Waals surface area contributed by atoms with Gasteiger partial charge in [0.15, 0.2) is 0 Å². The van der Waals surface area contributed by atoms with Crippen LogP contribution in [0.2, 0.25) is 0 Å². The van der Waals surface area contributed by atoms with Gasteiger partial charge in [0.05, 0.1) is 5.56 Å². The molecule has 0 unspecified atom stereocenters. The molecular formula is C11H15F3N2O. The molecule has 1 rings (SSSR count). The smallest absolute Gasteiger partial charge is 0.314 e. The number of aromatic nitrogens is 1. The van der Waals surface area contributed by atoms with Crippen molar-refractivity contribution in [2.75, 3.05) is 6.54 Å². The Kier molecular flexibility index (Phi) is 4.34. The maximum absolute atomic E-state index is 12.4. The van der Waals surface area contributed by atoms with E-state index in [0.717, 1.165) is 22.9 Å². The van der Waals surface area contributed by atoms with E-state index in [4.69, 9.17) is 0 Å². The van der Waals surface area contributed by atoms with Crippen LogP contribution < -0.4 is 10.9 Å². The number of pyridine rings is 1. The molecule has 1 aromatic heterocycles. The molecule has 0 aromatic carbocycles. The van der Waals surface area contributed by atoms with Crippen LogP contribution in [0.5, 0.6) is 0 Å². The number of hydrogen-bond acceptors (Lipinski definition) is 2. The van der Waals surface area contributed by atoms with Gasteiger partial charge in [-0.1, -0.05) is 13.8 Å². The Bertz CT molecular complexity index is 423. The minimum absolute atomic E-state index is 0.223. The van der Waals surface area contributed by atoms with E-state index in [2.05, 4.69) is 5.32 Å². The van der Waals surface area contributed by atoms with Crippen molar-refractivity contribution >= 4 is 0 Å². The van der Waals surface area contributed by atoms with E-state index in [1.165, 1.54) is 0 Å². The van der Waals surface area contributed by atoms with Crippen LogP contribution in [0.25, 0.3) is 0 Å². The SMILES string of the molecule is CC(C)NCCn1cc(C(F)(F)F)ccc1=O. The molecule has 3 nitrogen and oxygen atoms in total. The van der Waals surface area contributed by atoms with Crippen LogP contribution in [0.4, 0.5) is 13.2 Å². The minimum Gasteiger partial charge on any atom is -0.314 e. The molecule has 0 amide bonds. The van der Waals surface area contributed by atoms with Gasteiger partial charge in [-0.2, -0.15) is 13.2 Å². The number of nitrogens with one attached hydrogen (secondary N) is 1. The van der Waals surface area contributed by atoms with Crippen LogP contribution >= 0.6 is 0 Å². The monoisotopic (exact) mass is 248 g/mol. The lowest BCUT2D eigenvalue weighted by molar-refractivity contribution is -0.138. The molecule has 0 saturated heterocycles. The van der Waals surface area contributed by atoms with Gasteiger partial charge in [0, 0.05) is 31.4 Å². The fourth-order valence-electron chi connectivity index (χ4n) is 1.35. The van der Waals surface area contributed by atoms with E-state index in [9.17, 15) is 18.0 Å². The molecule has 17 heavy (non-hydrogen) atoms. The van der Waals surface area contributed by atoms with Gasteiger partial charge in [0.25, 0.3) is 5.56 Å². The highest BCUT2D eigenvalue weighted by Gasteiger charge is 2.30. The van der Waals surface area contributed by atoms with Crippen molar-refractivity contribution in [3.05, 3.63) is 34.2 Å². The first-order valence-corrected chi connectivity index (χ1v) is 5.32. The molecular weight excluding hydrogens is 233 g/mol. The third kappa shape index (κ3) is 4.22. The van der Waals surface area contributed by atoms with Crippen molar-refractivity contribution in [1.82, 2.24) is 9.88 Å². The van der Waals surface area contributed by atoms with Gasteiger partial charge in [0.2, 0.25) is 0 Å². The predicted molar refractivity (Wildman–Crippen MR) is 58.8 cm³/mol. The van der Waals surface area contributed by atoms with E-state index < -0.39 is 17.3 Å². The first kappa shape index (κ1) is 13.8. The molecule has 0 aliphatic rings. The minimum atomic E-state index is -4.42. The molecule has 6 heteroatoms.